The van der Waals surface area contributed by atoms with Crippen LogP contribution in [0, 0.1) is 5.82 Å². The van der Waals surface area contributed by atoms with Crippen LogP contribution < -0.4 is 4.74 Å². The molecule has 2 aromatic carbocycles. The van der Waals surface area contributed by atoms with Gasteiger partial charge in [0.05, 0.1) is 5.56 Å². The highest BCUT2D eigenvalue weighted by atomic mass is 79.9. The van der Waals surface area contributed by atoms with E-state index >= 15 is 0 Å². The second-order valence-corrected chi connectivity index (χ2v) is 4.94. The summed E-state index contributed by atoms with van der Waals surface area (Å²) in [6.07, 6.45) is -4.86. The second kappa shape index (κ2) is 5.85. The lowest BCUT2D eigenvalue weighted by Crippen LogP contribution is -2.17. The normalized spacial score (nSPS) is 11.3. The summed E-state index contributed by atoms with van der Waals surface area (Å²) in [5.41, 5.74) is -0.345. The Kier molecular flexibility index (Phi) is 4.32. The quantitative estimate of drug-likeness (QED) is 0.583. The van der Waals surface area contributed by atoms with E-state index in [1.54, 1.807) is 0 Å². The standard InChI is InChI=1S/C14H7BrF4O2/c15-9-4-5-12(16)11(7-9)13(20)8-2-1-3-10(6-8)21-14(17,18)19/h1-7H. The molecule has 0 amide bonds. The molecule has 2 rings (SSSR count). The first-order valence-corrected chi connectivity index (χ1v) is 6.41. The van der Waals surface area contributed by atoms with Crippen molar-refractivity contribution in [1.82, 2.24) is 0 Å². The summed E-state index contributed by atoms with van der Waals surface area (Å²) >= 11 is 3.10. The topological polar surface area (TPSA) is 26.3 Å². The number of carbonyl (C=O) groups excluding carboxylic acids is 1. The van der Waals surface area contributed by atoms with E-state index in [-0.39, 0.29) is 11.1 Å². The van der Waals surface area contributed by atoms with Crippen molar-refractivity contribution in [2.75, 3.05) is 0 Å². The number of hydrogen-bond acceptors (Lipinski definition) is 2. The molecule has 110 valence electrons. The molecule has 0 aliphatic heterocycles. The average molecular weight is 363 g/mol. The van der Waals surface area contributed by atoms with Crippen LogP contribution in [0.2, 0.25) is 0 Å². The number of hydrogen-bond donors (Lipinski definition) is 0. The predicted octanol–water partition coefficient (Wildman–Crippen LogP) is 4.72. The Morgan fingerprint density at radius 3 is 2.48 bits per heavy atom. The zero-order chi connectivity index (χ0) is 15.6. The van der Waals surface area contributed by atoms with Gasteiger partial charge >= 0.3 is 6.36 Å². The van der Waals surface area contributed by atoms with Crippen molar-refractivity contribution in [3.63, 3.8) is 0 Å². The molecule has 0 radical (unpaired) electrons. The Morgan fingerprint density at radius 2 is 1.81 bits per heavy atom. The molecule has 0 aliphatic carbocycles. The number of ketones is 1. The summed E-state index contributed by atoms with van der Waals surface area (Å²) in [6, 6.07) is 8.24. The minimum Gasteiger partial charge on any atom is -0.406 e. The SMILES string of the molecule is O=C(c1cccc(OC(F)(F)F)c1)c1cc(Br)ccc1F. The lowest BCUT2D eigenvalue weighted by Gasteiger charge is -2.10. The third kappa shape index (κ3) is 4.04. The molecule has 0 bridgehead atoms. The molecule has 2 nitrogen and oxygen atoms in total. The Hall–Kier alpha value is -1.89. The zero-order valence-corrected chi connectivity index (χ0v) is 11.8. The van der Waals surface area contributed by atoms with Gasteiger partial charge in [-0.3, -0.25) is 4.79 Å². The van der Waals surface area contributed by atoms with Crippen LogP contribution in [0.25, 0.3) is 0 Å². The van der Waals surface area contributed by atoms with Gasteiger partial charge in [-0.25, -0.2) is 4.39 Å². The van der Waals surface area contributed by atoms with Crippen LogP contribution in [-0.4, -0.2) is 12.1 Å². The molecule has 0 saturated carbocycles. The Labute approximate surface area is 125 Å². The monoisotopic (exact) mass is 362 g/mol. The van der Waals surface area contributed by atoms with Crippen molar-refractivity contribution in [2.45, 2.75) is 6.36 Å². The van der Waals surface area contributed by atoms with Crippen molar-refractivity contribution in [2.24, 2.45) is 0 Å². The number of rotatable bonds is 3. The van der Waals surface area contributed by atoms with Crippen molar-refractivity contribution in [1.29, 1.82) is 0 Å². The summed E-state index contributed by atoms with van der Waals surface area (Å²) in [6.45, 7) is 0. The van der Waals surface area contributed by atoms with Crippen molar-refractivity contribution >= 4 is 21.7 Å². The summed E-state index contributed by atoms with van der Waals surface area (Å²) in [7, 11) is 0. The fraction of sp³-hybridized carbons (Fsp3) is 0.0714. The first-order valence-electron chi connectivity index (χ1n) is 5.62. The molecule has 7 heteroatoms. The molecule has 0 N–H and O–H groups in total. The van der Waals surface area contributed by atoms with Crippen LogP contribution in [0.5, 0.6) is 5.75 Å². The van der Waals surface area contributed by atoms with E-state index in [9.17, 15) is 22.4 Å². The Morgan fingerprint density at radius 1 is 1.10 bits per heavy atom. The average Bonchev–Trinajstić information content (AvgIpc) is 2.39. The van der Waals surface area contributed by atoms with Crippen LogP contribution >= 0.6 is 15.9 Å². The molecule has 21 heavy (non-hydrogen) atoms. The molecule has 0 atom stereocenters. The smallest absolute Gasteiger partial charge is 0.406 e. The van der Waals surface area contributed by atoms with Crippen LogP contribution in [-0.2, 0) is 0 Å². The summed E-state index contributed by atoms with van der Waals surface area (Å²) in [5, 5.41) is 0. The maximum absolute atomic E-state index is 13.6. The lowest BCUT2D eigenvalue weighted by molar-refractivity contribution is -0.274. The van der Waals surface area contributed by atoms with E-state index in [1.807, 2.05) is 0 Å². The maximum Gasteiger partial charge on any atom is 0.573 e. The fourth-order valence-electron chi connectivity index (χ4n) is 1.66. The fourth-order valence-corrected chi connectivity index (χ4v) is 2.02. The molecular weight excluding hydrogens is 356 g/mol. The van der Waals surface area contributed by atoms with Gasteiger partial charge in [-0.1, -0.05) is 28.1 Å². The van der Waals surface area contributed by atoms with Crippen molar-refractivity contribution in [3.05, 3.63) is 63.9 Å². The zero-order valence-electron chi connectivity index (χ0n) is 10.2. The number of carbonyl (C=O) groups is 1. The van der Waals surface area contributed by atoms with Crippen LogP contribution in [0.15, 0.2) is 46.9 Å². The molecule has 0 aliphatic rings. The third-order valence-electron chi connectivity index (χ3n) is 2.50. The third-order valence-corrected chi connectivity index (χ3v) is 3.00. The van der Waals surface area contributed by atoms with Gasteiger partial charge in [-0.2, -0.15) is 0 Å². The molecule has 0 heterocycles. The van der Waals surface area contributed by atoms with Gasteiger partial charge in [0, 0.05) is 10.0 Å². The lowest BCUT2D eigenvalue weighted by atomic mass is 10.0. The Balaban J connectivity index is 2.35. The minimum atomic E-state index is -4.86. The first kappa shape index (κ1) is 15.5. The summed E-state index contributed by atoms with van der Waals surface area (Å²) in [4.78, 5) is 12.1. The van der Waals surface area contributed by atoms with Gasteiger partial charge < -0.3 is 4.74 Å². The number of halogens is 5. The highest BCUT2D eigenvalue weighted by Crippen LogP contribution is 2.25. The van der Waals surface area contributed by atoms with Gasteiger partial charge in [-0.15, -0.1) is 13.2 Å². The van der Waals surface area contributed by atoms with Gasteiger partial charge in [0.15, 0.2) is 5.78 Å². The summed E-state index contributed by atoms with van der Waals surface area (Å²) in [5.74, 6) is -2.03. The van der Waals surface area contributed by atoms with Gasteiger partial charge in [0.2, 0.25) is 0 Å². The van der Waals surface area contributed by atoms with E-state index in [1.165, 1.54) is 24.3 Å². The van der Waals surface area contributed by atoms with E-state index < -0.39 is 23.7 Å². The molecule has 0 saturated heterocycles. The molecule has 0 unspecified atom stereocenters. The van der Waals surface area contributed by atoms with E-state index in [4.69, 9.17) is 0 Å². The highest BCUT2D eigenvalue weighted by Gasteiger charge is 2.31. The number of alkyl halides is 3. The first-order chi connectivity index (χ1) is 9.76. The van der Waals surface area contributed by atoms with E-state index in [2.05, 4.69) is 20.7 Å². The van der Waals surface area contributed by atoms with Crippen LogP contribution in [0.3, 0.4) is 0 Å². The number of benzene rings is 2. The molecule has 0 spiro atoms. The number of ether oxygens (including phenoxy) is 1. The summed E-state index contributed by atoms with van der Waals surface area (Å²) < 4.78 is 54.3. The molecular formula is C14H7BrF4O2. The molecule has 0 fully saturated rings. The molecule has 0 aromatic heterocycles. The molecule has 2 aromatic rings. The van der Waals surface area contributed by atoms with Gasteiger partial charge in [-0.05, 0) is 30.3 Å². The van der Waals surface area contributed by atoms with E-state index in [0.29, 0.717) is 4.47 Å². The predicted molar refractivity (Wildman–Crippen MR) is 70.7 cm³/mol. The minimum absolute atomic E-state index is 0.103. The van der Waals surface area contributed by atoms with Crippen molar-refractivity contribution < 1.29 is 27.1 Å². The van der Waals surface area contributed by atoms with Crippen LogP contribution in [0.1, 0.15) is 15.9 Å². The van der Waals surface area contributed by atoms with Gasteiger partial charge in [0.1, 0.15) is 11.6 Å². The second-order valence-electron chi connectivity index (χ2n) is 4.03. The largest absolute Gasteiger partial charge is 0.573 e. The van der Waals surface area contributed by atoms with Crippen LogP contribution in [0.4, 0.5) is 17.6 Å². The highest BCUT2D eigenvalue weighted by molar-refractivity contribution is 9.10. The maximum atomic E-state index is 13.6. The van der Waals surface area contributed by atoms with E-state index in [0.717, 1.165) is 18.2 Å². The Bertz CT molecular complexity index is 683. The van der Waals surface area contributed by atoms with Gasteiger partial charge in [0.25, 0.3) is 0 Å². The van der Waals surface area contributed by atoms with Crippen molar-refractivity contribution in [3.8, 4) is 5.75 Å².